The molecule has 1 aromatic rings. The van der Waals surface area contributed by atoms with Crippen molar-refractivity contribution in [2.45, 2.75) is 71.4 Å². The molecule has 2 aliphatic rings. The van der Waals surface area contributed by atoms with Crippen LogP contribution in [0.3, 0.4) is 0 Å². The second kappa shape index (κ2) is 5.78. The van der Waals surface area contributed by atoms with E-state index in [4.69, 9.17) is 4.42 Å². The van der Waals surface area contributed by atoms with E-state index in [2.05, 4.69) is 5.32 Å². The van der Waals surface area contributed by atoms with Crippen molar-refractivity contribution in [3.8, 4) is 0 Å². The molecule has 3 rings (SSSR count). The van der Waals surface area contributed by atoms with Gasteiger partial charge in [0, 0.05) is 24.4 Å². The number of furan rings is 1. The number of ketones is 1. The van der Waals surface area contributed by atoms with Crippen LogP contribution in [0.1, 0.15) is 78.2 Å². The molecular weight excluding hydrogens is 294 g/mol. The number of nitrogens with one attached hydrogen (secondary N) is 1. The van der Waals surface area contributed by atoms with Crippen LogP contribution in [0.2, 0.25) is 0 Å². The molecule has 5 heteroatoms. The quantitative estimate of drug-likeness (QED) is 0.878. The van der Waals surface area contributed by atoms with Crippen molar-refractivity contribution < 1.29 is 19.1 Å². The number of aliphatic hydroxyl groups is 1. The number of amides is 1. The zero-order valence-corrected chi connectivity index (χ0v) is 14.1. The maximum Gasteiger partial charge on any atom is 0.287 e. The van der Waals surface area contributed by atoms with Gasteiger partial charge in [-0.1, -0.05) is 13.8 Å². The third-order valence-corrected chi connectivity index (χ3v) is 5.01. The van der Waals surface area contributed by atoms with E-state index >= 15 is 0 Å². The summed E-state index contributed by atoms with van der Waals surface area (Å²) < 4.78 is 5.79. The summed E-state index contributed by atoms with van der Waals surface area (Å²) in [7, 11) is 0. The molecule has 1 amide bonds. The van der Waals surface area contributed by atoms with Crippen molar-refractivity contribution in [3.63, 3.8) is 0 Å². The lowest BCUT2D eigenvalue weighted by Crippen LogP contribution is -2.38. The van der Waals surface area contributed by atoms with Gasteiger partial charge < -0.3 is 14.8 Å². The molecule has 126 valence electrons. The van der Waals surface area contributed by atoms with E-state index in [0.717, 1.165) is 12.8 Å². The molecule has 0 unspecified atom stereocenters. The van der Waals surface area contributed by atoms with E-state index in [0.29, 0.717) is 42.6 Å². The second-order valence-electron chi connectivity index (χ2n) is 7.77. The minimum absolute atomic E-state index is 0.0670. The number of carbonyl (C=O) groups is 2. The molecule has 1 fully saturated rings. The first-order chi connectivity index (χ1) is 10.8. The van der Waals surface area contributed by atoms with E-state index in [1.807, 2.05) is 13.8 Å². The van der Waals surface area contributed by atoms with Crippen LogP contribution in [0.4, 0.5) is 0 Å². The second-order valence-corrected chi connectivity index (χ2v) is 7.77. The van der Waals surface area contributed by atoms with Crippen LogP contribution < -0.4 is 5.32 Å². The Morgan fingerprint density at radius 2 is 1.87 bits per heavy atom. The fourth-order valence-electron chi connectivity index (χ4n) is 3.77. The van der Waals surface area contributed by atoms with Gasteiger partial charge in [0.05, 0.1) is 11.7 Å². The monoisotopic (exact) mass is 319 g/mol. The largest absolute Gasteiger partial charge is 0.455 e. The van der Waals surface area contributed by atoms with Crippen LogP contribution in [0.5, 0.6) is 0 Å². The van der Waals surface area contributed by atoms with Gasteiger partial charge >= 0.3 is 0 Å². The molecule has 0 saturated heterocycles. The van der Waals surface area contributed by atoms with Crippen LogP contribution in [-0.2, 0) is 6.42 Å². The SMILES string of the molecule is Cc1c(C(=O)NC2CCC(O)CC2)oc2c1C(=O)CC(C)(C)C2. The molecule has 0 aromatic carbocycles. The van der Waals surface area contributed by atoms with E-state index in [1.165, 1.54) is 0 Å². The first-order valence-electron chi connectivity index (χ1n) is 8.41. The van der Waals surface area contributed by atoms with Gasteiger partial charge in [-0.3, -0.25) is 9.59 Å². The summed E-state index contributed by atoms with van der Waals surface area (Å²) in [5.41, 5.74) is 1.14. The molecule has 1 aromatic heterocycles. The maximum absolute atomic E-state index is 12.5. The predicted molar refractivity (Wildman–Crippen MR) is 85.6 cm³/mol. The van der Waals surface area contributed by atoms with Crippen molar-refractivity contribution in [1.29, 1.82) is 0 Å². The van der Waals surface area contributed by atoms with Crippen LogP contribution in [0.15, 0.2) is 4.42 Å². The zero-order chi connectivity index (χ0) is 16.8. The zero-order valence-electron chi connectivity index (χ0n) is 14.1. The standard InChI is InChI=1S/C18H25NO4/c1-10-15-13(21)8-18(2,3)9-14(15)23-16(10)17(22)19-11-4-6-12(20)7-5-11/h11-12,20H,4-9H2,1-3H3,(H,19,22). The average Bonchev–Trinajstić information content (AvgIpc) is 2.77. The molecule has 2 N–H and O–H groups in total. The van der Waals surface area contributed by atoms with Crippen molar-refractivity contribution in [3.05, 3.63) is 22.6 Å². The predicted octanol–water partition coefficient (Wildman–Crippen LogP) is 2.78. The van der Waals surface area contributed by atoms with E-state index in [-0.39, 0.29) is 35.0 Å². The highest BCUT2D eigenvalue weighted by molar-refractivity contribution is 6.03. The van der Waals surface area contributed by atoms with E-state index in [1.54, 1.807) is 6.92 Å². The summed E-state index contributed by atoms with van der Waals surface area (Å²) in [6, 6.07) is 0.0690. The topological polar surface area (TPSA) is 79.5 Å². The van der Waals surface area contributed by atoms with Crippen molar-refractivity contribution in [2.75, 3.05) is 0 Å². The summed E-state index contributed by atoms with van der Waals surface area (Å²) >= 11 is 0. The normalized spacial score (nSPS) is 26.7. The van der Waals surface area contributed by atoms with E-state index < -0.39 is 0 Å². The van der Waals surface area contributed by atoms with Gasteiger partial charge in [-0.15, -0.1) is 0 Å². The number of carbonyl (C=O) groups excluding carboxylic acids is 2. The van der Waals surface area contributed by atoms with Gasteiger partial charge in [-0.05, 0) is 38.0 Å². The van der Waals surface area contributed by atoms with Crippen LogP contribution >= 0.6 is 0 Å². The lowest BCUT2D eigenvalue weighted by molar-refractivity contribution is 0.0835. The van der Waals surface area contributed by atoms with Gasteiger partial charge in [0.25, 0.3) is 5.91 Å². The Kier molecular flexibility index (Phi) is 4.08. The fraction of sp³-hybridized carbons (Fsp3) is 0.667. The Hall–Kier alpha value is -1.62. The smallest absolute Gasteiger partial charge is 0.287 e. The third-order valence-electron chi connectivity index (χ3n) is 5.01. The lowest BCUT2D eigenvalue weighted by atomic mass is 9.76. The van der Waals surface area contributed by atoms with Gasteiger partial charge in [0.2, 0.25) is 0 Å². The van der Waals surface area contributed by atoms with Crippen molar-refractivity contribution >= 4 is 11.7 Å². The summed E-state index contributed by atoms with van der Waals surface area (Å²) in [5, 5.41) is 12.5. The number of rotatable bonds is 2. The number of hydrogen-bond acceptors (Lipinski definition) is 4. The molecule has 5 nitrogen and oxygen atoms in total. The lowest BCUT2D eigenvalue weighted by Gasteiger charge is -2.27. The van der Waals surface area contributed by atoms with Crippen LogP contribution in [-0.4, -0.2) is 28.9 Å². The minimum atomic E-state index is -0.249. The molecule has 0 aliphatic heterocycles. The molecular formula is C18H25NO4. The number of hydrogen-bond donors (Lipinski definition) is 2. The number of aliphatic hydroxyl groups excluding tert-OH is 1. The Bertz CT molecular complexity index is 636. The van der Waals surface area contributed by atoms with Gasteiger partial charge in [-0.2, -0.15) is 0 Å². The first kappa shape index (κ1) is 16.2. The molecule has 0 radical (unpaired) electrons. The van der Waals surface area contributed by atoms with Gasteiger partial charge in [0.1, 0.15) is 5.76 Å². The molecule has 0 bridgehead atoms. The van der Waals surface area contributed by atoms with Crippen molar-refractivity contribution in [2.24, 2.45) is 5.41 Å². The first-order valence-corrected chi connectivity index (χ1v) is 8.41. The minimum Gasteiger partial charge on any atom is -0.455 e. The summed E-state index contributed by atoms with van der Waals surface area (Å²) in [4.78, 5) is 24.9. The summed E-state index contributed by atoms with van der Waals surface area (Å²) in [6.45, 7) is 5.87. The third kappa shape index (κ3) is 3.20. The summed E-state index contributed by atoms with van der Waals surface area (Å²) in [5.74, 6) is 0.737. The highest BCUT2D eigenvalue weighted by Crippen LogP contribution is 2.38. The molecule has 2 aliphatic carbocycles. The Morgan fingerprint density at radius 1 is 1.22 bits per heavy atom. The van der Waals surface area contributed by atoms with Crippen molar-refractivity contribution in [1.82, 2.24) is 5.32 Å². The highest BCUT2D eigenvalue weighted by atomic mass is 16.4. The number of fused-ring (bicyclic) bond motifs is 1. The van der Waals surface area contributed by atoms with Crippen LogP contribution in [0.25, 0.3) is 0 Å². The Morgan fingerprint density at radius 3 is 2.52 bits per heavy atom. The Labute approximate surface area is 136 Å². The van der Waals surface area contributed by atoms with Gasteiger partial charge in [0.15, 0.2) is 11.5 Å². The summed E-state index contributed by atoms with van der Waals surface area (Å²) in [6.07, 6.45) is 3.90. The Balaban J connectivity index is 1.79. The molecule has 23 heavy (non-hydrogen) atoms. The maximum atomic E-state index is 12.5. The molecule has 1 heterocycles. The highest BCUT2D eigenvalue weighted by Gasteiger charge is 2.37. The average molecular weight is 319 g/mol. The molecule has 0 spiro atoms. The van der Waals surface area contributed by atoms with E-state index in [9.17, 15) is 14.7 Å². The number of Topliss-reactive ketones (excluding diaryl/α,β-unsaturated/α-hetero) is 1. The molecule has 0 atom stereocenters. The van der Waals surface area contributed by atoms with Gasteiger partial charge in [-0.25, -0.2) is 0 Å². The molecule has 1 saturated carbocycles. The van der Waals surface area contributed by atoms with Crippen LogP contribution in [0, 0.1) is 12.3 Å². The fourth-order valence-corrected chi connectivity index (χ4v) is 3.77.